The summed E-state index contributed by atoms with van der Waals surface area (Å²) in [4.78, 5) is 12.3. The van der Waals surface area contributed by atoms with Crippen LogP contribution in [0, 0.1) is 5.92 Å². The summed E-state index contributed by atoms with van der Waals surface area (Å²) < 4.78 is 23.0. The van der Waals surface area contributed by atoms with Crippen LogP contribution in [0.5, 0.6) is 0 Å². The first kappa shape index (κ1) is 17.5. The number of urea groups is 1. The van der Waals surface area contributed by atoms with E-state index in [0.717, 1.165) is 11.1 Å². The summed E-state index contributed by atoms with van der Waals surface area (Å²) in [6.07, 6.45) is 0.614. The number of carbonyl (C=O) groups is 1. The third kappa shape index (κ3) is 4.82. The van der Waals surface area contributed by atoms with Crippen LogP contribution in [0.2, 0.25) is 0 Å². The number of amides is 2. The predicted molar refractivity (Wildman–Crippen MR) is 98.0 cm³/mol. The van der Waals surface area contributed by atoms with Crippen LogP contribution in [-0.4, -0.2) is 32.5 Å². The molecule has 132 valence electrons. The molecular formula is C19H22N2O3S. The fraction of sp³-hybridized carbons (Fsp3) is 0.316. The van der Waals surface area contributed by atoms with Gasteiger partial charge in [-0.25, -0.2) is 13.2 Å². The van der Waals surface area contributed by atoms with Gasteiger partial charge in [0, 0.05) is 6.54 Å². The van der Waals surface area contributed by atoms with Crippen molar-refractivity contribution < 1.29 is 13.2 Å². The molecule has 0 saturated carbocycles. The largest absolute Gasteiger partial charge is 0.338 e. The maximum atomic E-state index is 12.3. The highest BCUT2D eigenvalue weighted by Crippen LogP contribution is 2.22. The smallest absolute Gasteiger partial charge is 0.315 e. The van der Waals surface area contributed by atoms with Crippen LogP contribution in [0.15, 0.2) is 60.7 Å². The van der Waals surface area contributed by atoms with Crippen molar-refractivity contribution in [2.45, 2.75) is 12.5 Å². The lowest BCUT2D eigenvalue weighted by Crippen LogP contribution is -2.40. The second kappa shape index (κ2) is 7.70. The van der Waals surface area contributed by atoms with Crippen molar-refractivity contribution in [2.75, 3.05) is 18.1 Å². The van der Waals surface area contributed by atoms with Gasteiger partial charge in [-0.05, 0) is 23.5 Å². The number of nitrogens with one attached hydrogen (secondary N) is 2. The van der Waals surface area contributed by atoms with E-state index in [2.05, 4.69) is 10.6 Å². The number of carbonyl (C=O) groups excluding carboxylic acids is 1. The van der Waals surface area contributed by atoms with E-state index < -0.39 is 9.84 Å². The molecule has 0 bridgehead atoms. The van der Waals surface area contributed by atoms with Gasteiger partial charge in [-0.1, -0.05) is 60.7 Å². The lowest BCUT2D eigenvalue weighted by atomic mass is 9.99. The van der Waals surface area contributed by atoms with Gasteiger partial charge < -0.3 is 10.6 Å². The molecule has 0 radical (unpaired) electrons. The summed E-state index contributed by atoms with van der Waals surface area (Å²) in [5.74, 6) is 0.383. The normalized spacial score (nSPS) is 18.8. The van der Waals surface area contributed by atoms with E-state index >= 15 is 0 Å². The quantitative estimate of drug-likeness (QED) is 0.862. The molecule has 0 aromatic heterocycles. The number of rotatable bonds is 5. The Morgan fingerprint density at radius 2 is 1.56 bits per heavy atom. The van der Waals surface area contributed by atoms with Gasteiger partial charge in [-0.15, -0.1) is 0 Å². The van der Waals surface area contributed by atoms with Gasteiger partial charge in [0.25, 0.3) is 0 Å². The molecule has 6 heteroatoms. The molecule has 25 heavy (non-hydrogen) atoms. The van der Waals surface area contributed by atoms with Crippen molar-refractivity contribution in [1.29, 1.82) is 0 Å². The van der Waals surface area contributed by atoms with Crippen molar-refractivity contribution in [3.63, 3.8) is 0 Å². The zero-order valence-electron chi connectivity index (χ0n) is 13.9. The first-order chi connectivity index (χ1) is 12.0. The summed E-state index contributed by atoms with van der Waals surface area (Å²) in [6, 6.07) is 19.0. The van der Waals surface area contributed by atoms with Gasteiger partial charge in [0.15, 0.2) is 9.84 Å². The first-order valence-electron chi connectivity index (χ1n) is 8.38. The monoisotopic (exact) mass is 358 g/mol. The van der Waals surface area contributed by atoms with Crippen molar-refractivity contribution in [2.24, 2.45) is 5.92 Å². The molecule has 1 aliphatic rings. The van der Waals surface area contributed by atoms with Crippen LogP contribution in [-0.2, 0) is 9.84 Å². The summed E-state index contributed by atoms with van der Waals surface area (Å²) in [6.45, 7) is 0.376. The molecule has 0 spiro atoms. The van der Waals surface area contributed by atoms with Gasteiger partial charge in [-0.3, -0.25) is 0 Å². The average molecular weight is 358 g/mol. The number of hydrogen-bond acceptors (Lipinski definition) is 3. The first-order valence-corrected chi connectivity index (χ1v) is 10.2. The van der Waals surface area contributed by atoms with E-state index in [1.54, 1.807) is 0 Å². The highest BCUT2D eigenvalue weighted by molar-refractivity contribution is 7.91. The maximum absolute atomic E-state index is 12.3. The minimum atomic E-state index is -2.92. The molecule has 0 aliphatic carbocycles. The van der Waals surface area contributed by atoms with E-state index in [9.17, 15) is 13.2 Å². The molecule has 3 rings (SSSR count). The lowest BCUT2D eigenvalue weighted by molar-refractivity contribution is 0.237. The van der Waals surface area contributed by atoms with E-state index in [4.69, 9.17) is 0 Å². The Hall–Kier alpha value is -2.34. The van der Waals surface area contributed by atoms with E-state index in [1.807, 2.05) is 60.7 Å². The van der Waals surface area contributed by atoms with Crippen LogP contribution >= 0.6 is 0 Å². The average Bonchev–Trinajstić information content (AvgIpc) is 2.98. The van der Waals surface area contributed by atoms with Crippen LogP contribution < -0.4 is 10.6 Å². The van der Waals surface area contributed by atoms with E-state index in [1.165, 1.54) is 0 Å². The molecule has 5 nitrogen and oxygen atoms in total. The summed E-state index contributed by atoms with van der Waals surface area (Å²) >= 11 is 0. The Morgan fingerprint density at radius 1 is 1.00 bits per heavy atom. The minimum Gasteiger partial charge on any atom is -0.338 e. The number of hydrogen-bond donors (Lipinski definition) is 2. The van der Waals surface area contributed by atoms with E-state index in [-0.39, 0.29) is 29.5 Å². The molecular weight excluding hydrogens is 336 g/mol. The molecule has 2 aromatic carbocycles. The topological polar surface area (TPSA) is 75.3 Å². The highest BCUT2D eigenvalue weighted by atomic mass is 32.2. The molecule has 2 N–H and O–H groups in total. The van der Waals surface area contributed by atoms with Crippen LogP contribution in [0.3, 0.4) is 0 Å². The van der Waals surface area contributed by atoms with Crippen LogP contribution in [0.1, 0.15) is 23.6 Å². The fourth-order valence-electron chi connectivity index (χ4n) is 3.10. The summed E-state index contributed by atoms with van der Waals surface area (Å²) in [5.41, 5.74) is 1.99. The van der Waals surface area contributed by atoms with Crippen molar-refractivity contribution in [3.8, 4) is 0 Å². The van der Waals surface area contributed by atoms with Crippen molar-refractivity contribution in [1.82, 2.24) is 10.6 Å². The Bertz CT molecular complexity index is 768. The second-order valence-electron chi connectivity index (χ2n) is 6.38. The molecule has 1 aliphatic heterocycles. The lowest BCUT2D eigenvalue weighted by Gasteiger charge is -2.21. The van der Waals surface area contributed by atoms with E-state index in [0.29, 0.717) is 13.0 Å². The fourth-order valence-corrected chi connectivity index (χ4v) is 4.96. The Labute approximate surface area is 148 Å². The molecule has 2 aromatic rings. The molecule has 1 saturated heterocycles. The predicted octanol–water partition coefficient (Wildman–Crippen LogP) is 2.51. The maximum Gasteiger partial charge on any atom is 0.315 e. The Kier molecular flexibility index (Phi) is 5.38. The zero-order chi connectivity index (χ0) is 17.7. The van der Waals surface area contributed by atoms with Gasteiger partial charge in [-0.2, -0.15) is 0 Å². The Morgan fingerprint density at radius 3 is 2.04 bits per heavy atom. The van der Waals surface area contributed by atoms with Crippen LogP contribution in [0.25, 0.3) is 0 Å². The summed E-state index contributed by atoms with van der Waals surface area (Å²) in [5, 5.41) is 5.81. The zero-order valence-corrected chi connectivity index (χ0v) is 14.7. The molecule has 1 fully saturated rings. The number of sulfone groups is 1. The third-order valence-electron chi connectivity index (χ3n) is 4.42. The molecule has 1 atom stereocenters. The minimum absolute atomic E-state index is 0.00245. The third-order valence-corrected chi connectivity index (χ3v) is 6.26. The standard InChI is InChI=1S/C19H22N2O3S/c22-19(20-13-15-11-12-25(23,24)14-15)21-18(16-7-3-1-4-8-16)17-9-5-2-6-10-17/h1-10,15,18H,11-14H2,(H2,20,21,22). The molecule has 1 heterocycles. The van der Waals surface area contributed by atoms with Crippen LogP contribution in [0.4, 0.5) is 4.79 Å². The highest BCUT2D eigenvalue weighted by Gasteiger charge is 2.28. The molecule has 2 amide bonds. The Balaban J connectivity index is 1.65. The molecule has 1 unspecified atom stereocenters. The van der Waals surface area contributed by atoms with Gasteiger partial charge in [0.05, 0.1) is 17.5 Å². The van der Waals surface area contributed by atoms with Crippen molar-refractivity contribution >= 4 is 15.9 Å². The van der Waals surface area contributed by atoms with Gasteiger partial charge in [0.1, 0.15) is 0 Å². The second-order valence-corrected chi connectivity index (χ2v) is 8.61. The van der Waals surface area contributed by atoms with Crippen molar-refractivity contribution in [3.05, 3.63) is 71.8 Å². The summed E-state index contributed by atoms with van der Waals surface area (Å²) in [7, 11) is -2.92. The number of benzene rings is 2. The van der Waals surface area contributed by atoms with Gasteiger partial charge in [0.2, 0.25) is 0 Å². The van der Waals surface area contributed by atoms with Gasteiger partial charge >= 0.3 is 6.03 Å². The SMILES string of the molecule is O=C(NCC1CCS(=O)(=O)C1)NC(c1ccccc1)c1ccccc1.